The van der Waals surface area contributed by atoms with Crippen molar-refractivity contribution in [2.24, 2.45) is 0 Å². The van der Waals surface area contributed by atoms with Gasteiger partial charge in [-0.1, -0.05) is 24.3 Å². The summed E-state index contributed by atoms with van der Waals surface area (Å²) in [6.45, 7) is 3.51. The van der Waals surface area contributed by atoms with Gasteiger partial charge >= 0.3 is 5.97 Å². The molecule has 0 amide bonds. The van der Waals surface area contributed by atoms with Gasteiger partial charge in [-0.3, -0.25) is 14.6 Å². The predicted molar refractivity (Wildman–Crippen MR) is 122 cm³/mol. The minimum atomic E-state index is -0.829. The highest BCUT2D eigenvalue weighted by Crippen LogP contribution is 2.40. The van der Waals surface area contributed by atoms with Gasteiger partial charge in [0.05, 0.1) is 21.3 Å². The summed E-state index contributed by atoms with van der Waals surface area (Å²) in [6, 6.07) is 11.0. The van der Waals surface area contributed by atoms with Gasteiger partial charge in [0.25, 0.3) is 0 Å². The van der Waals surface area contributed by atoms with Crippen LogP contribution in [-0.4, -0.2) is 73.4 Å². The number of nitrogens with zero attached hydrogens (tertiary/aromatic N) is 2. The first kappa shape index (κ1) is 22.0. The molecule has 0 unspecified atom stereocenters. The summed E-state index contributed by atoms with van der Waals surface area (Å²) in [6.07, 6.45) is 1.82. The van der Waals surface area contributed by atoms with Crippen LogP contribution in [0.15, 0.2) is 42.6 Å². The Bertz CT molecular complexity index is 1090. The summed E-state index contributed by atoms with van der Waals surface area (Å²) in [4.78, 5) is 19.8. The van der Waals surface area contributed by atoms with Crippen LogP contribution in [0.25, 0.3) is 10.9 Å². The lowest BCUT2D eigenvalue weighted by Gasteiger charge is -2.37. The third kappa shape index (κ3) is 4.11. The Morgan fingerprint density at radius 3 is 2.38 bits per heavy atom. The molecule has 1 aliphatic heterocycles. The molecule has 2 heterocycles. The quantitative estimate of drug-likeness (QED) is 0.558. The third-order valence-corrected chi connectivity index (χ3v) is 6.10. The number of carboxylic acid groups (broad SMARTS) is 1. The number of rotatable bonds is 8. The van der Waals surface area contributed by atoms with Crippen LogP contribution in [0, 0.1) is 0 Å². The first-order valence-corrected chi connectivity index (χ1v) is 10.6. The Morgan fingerprint density at radius 2 is 1.72 bits per heavy atom. The van der Waals surface area contributed by atoms with Crippen LogP contribution in [0.2, 0.25) is 0 Å². The maximum Gasteiger partial charge on any atom is 0.325 e. The molecule has 8 nitrogen and oxygen atoms in total. The smallest absolute Gasteiger partial charge is 0.325 e. The normalized spacial score (nSPS) is 16.1. The molecule has 3 aromatic rings. The van der Waals surface area contributed by atoms with E-state index < -0.39 is 12.0 Å². The monoisotopic (exact) mass is 439 g/mol. The van der Waals surface area contributed by atoms with E-state index in [1.54, 1.807) is 21.3 Å². The zero-order valence-electron chi connectivity index (χ0n) is 18.6. The van der Waals surface area contributed by atoms with E-state index in [0.29, 0.717) is 36.9 Å². The first-order chi connectivity index (χ1) is 15.6. The Labute approximate surface area is 187 Å². The number of piperazine rings is 1. The lowest BCUT2D eigenvalue weighted by Crippen LogP contribution is -2.48. The molecule has 0 spiro atoms. The maximum atomic E-state index is 12.2. The Morgan fingerprint density at radius 1 is 1.00 bits per heavy atom. The van der Waals surface area contributed by atoms with Crippen LogP contribution in [-0.2, 0) is 11.3 Å². The van der Waals surface area contributed by atoms with E-state index in [1.807, 2.05) is 47.5 Å². The average Bonchev–Trinajstić information content (AvgIpc) is 3.23. The molecule has 170 valence electrons. The number of carboxylic acids is 1. The number of benzene rings is 2. The molecule has 1 fully saturated rings. The zero-order chi connectivity index (χ0) is 22.7. The van der Waals surface area contributed by atoms with Crippen LogP contribution in [0.4, 0.5) is 0 Å². The average molecular weight is 440 g/mol. The number of hydrogen-bond donors (Lipinski definition) is 2. The van der Waals surface area contributed by atoms with Gasteiger partial charge in [0, 0.05) is 61.0 Å². The molecular weight excluding hydrogens is 410 g/mol. The minimum absolute atomic E-state index is 0.580. The lowest BCUT2D eigenvalue weighted by atomic mass is 10.0. The van der Waals surface area contributed by atoms with E-state index in [-0.39, 0.29) is 0 Å². The molecule has 2 N–H and O–H groups in total. The second-order valence-electron chi connectivity index (χ2n) is 7.84. The Hall–Kier alpha value is -3.23. The van der Waals surface area contributed by atoms with Crippen molar-refractivity contribution < 1.29 is 24.1 Å². The van der Waals surface area contributed by atoms with E-state index in [4.69, 9.17) is 14.2 Å². The molecular formula is C24H29N3O5. The number of ether oxygens (including phenoxy) is 3. The molecule has 0 bridgehead atoms. The number of H-pyrrole nitrogens is 1. The molecule has 0 aliphatic carbocycles. The molecule has 0 saturated carbocycles. The summed E-state index contributed by atoms with van der Waals surface area (Å²) in [5.74, 6) is 1.04. The van der Waals surface area contributed by atoms with Crippen molar-refractivity contribution in [3.05, 3.63) is 53.7 Å². The topological polar surface area (TPSA) is 87.3 Å². The Balaban J connectivity index is 1.49. The molecule has 4 rings (SSSR count). The Kier molecular flexibility index (Phi) is 6.53. The van der Waals surface area contributed by atoms with Crippen LogP contribution in [0.5, 0.6) is 17.2 Å². The van der Waals surface area contributed by atoms with Crippen molar-refractivity contribution in [2.45, 2.75) is 12.6 Å². The summed E-state index contributed by atoms with van der Waals surface area (Å²) < 4.78 is 16.5. The molecule has 0 radical (unpaired) electrons. The van der Waals surface area contributed by atoms with Gasteiger partial charge in [-0.2, -0.15) is 0 Å². The fourth-order valence-electron chi connectivity index (χ4n) is 4.51. The number of fused-ring (bicyclic) bond motifs is 1. The standard InChI is InChI=1S/C24H29N3O5/c1-30-20-9-8-16(22(31-2)23(20)32-3)15-26-10-12-27(13-11-26)21(24(28)29)18-14-25-19-7-5-4-6-17(18)19/h4-9,14,21,25H,10-13,15H2,1-3H3,(H,28,29)/t21-/m1/s1. The summed E-state index contributed by atoms with van der Waals surface area (Å²) in [5.41, 5.74) is 2.76. The highest BCUT2D eigenvalue weighted by Gasteiger charge is 2.32. The van der Waals surface area contributed by atoms with Gasteiger partial charge in [-0.25, -0.2) is 0 Å². The van der Waals surface area contributed by atoms with E-state index >= 15 is 0 Å². The van der Waals surface area contributed by atoms with Gasteiger partial charge in [0.1, 0.15) is 6.04 Å². The number of para-hydroxylation sites is 1. The van der Waals surface area contributed by atoms with E-state index in [1.165, 1.54) is 0 Å². The van der Waals surface area contributed by atoms with Crippen LogP contribution >= 0.6 is 0 Å². The van der Waals surface area contributed by atoms with E-state index in [0.717, 1.165) is 35.1 Å². The largest absolute Gasteiger partial charge is 0.493 e. The molecule has 2 aromatic carbocycles. The van der Waals surface area contributed by atoms with Crippen LogP contribution in [0.3, 0.4) is 0 Å². The molecule has 1 saturated heterocycles. The fraction of sp³-hybridized carbons (Fsp3) is 0.375. The van der Waals surface area contributed by atoms with Crippen molar-refractivity contribution >= 4 is 16.9 Å². The third-order valence-electron chi connectivity index (χ3n) is 6.10. The number of aromatic amines is 1. The second-order valence-corrected chi connectivity index (χ2v) is 7.84. The predicted octanol–water partition coefficient (Wildman–Crippen LogP) is 3.14. The maximum absolute atomic E-state index is 12.2. The summed E-state index contributed by atoms with van der Waals surface area (Å²) >= 11 is 0. The summed E-state index contributed by atoms with van der Waals surface area (Å²) in [7, 11) is 4.82. The SMILES string of the molecule is COc1ccc(CN2CCN([C@@H](C(=O)O)c3c[nH]c4ccccc34)CC2)c(OC)c1OC. The van der Waals surface area contributed by atoms with Gasteiger partial charge in [0.2, 0.25) is 5.75 Å². The number of methoxy groups -OCH3 is 3. The molecule has 1 aliphatic rings. The number of aliphatic carboxylic acids is 1. The van der Waals surface area contributed by atoms with Gasteiger partial charge in [-0.15, -0.1) is 0 Å². The lowest BCUT2D eigenvalue weighted by molar-refractivity contribution is -0.144. The minimum Gasteiger partial charge on any atom is -0.493 e. The molecule has 32 heavy (non-hydrogen) atoms. The van der Waals surface area contributed by atoms with Crippen molar-refractivity contribution in [1.82, 2.24) is 14.8 Å². The van der Waals surface area contributed by atoms with Gasteiger partial charge in [0.15, 0.2) is 11.5 Å². The highest BCUT2D eigenvalue weighted by molar-refractivity contribution is 5.89. The van der Waals surface area contributed by atoms with Crippen LogP contribution < -0.4 is 14.2 Å². The van der Waals surface area contributed by atoms with Gasteiger partial charge < -0.3 is 24.3 Å². The van der Waals surface area contributed by atoms with Crippen molar-refractivity contribution in [2.75, 3.05) is 47.5 Å². The second kappa shape index (κ2) is 9.50. The van der Waals surface area contributed by atoms with Crippen molar-refractivity contribution in [3.63, 3.8) is 0 Å². The van der Waals surface area contributed by atoms with Gasteiger partial charge in [-0.05, 0) is 12.1 Å². The van der Waals surface area contributed by atoms with Crippen molar-refractivity contribution in [3.8, 4) is 17.2 Å². The number of hydrogen-bond acceptors (Lipinski definition) is 6. The number of aromatic nitrogens is 1. The summed E-state index contributed by atoms with van der Waals surface area (Å²) in [5, 5.41) is 11.0. The highest BCUT2D eigenvalue weighted by atomic mass is 16.5. The van der Waals surface area contributed by atoms with E-state index in [2.05, 4.69) is 9.88 Å². The fourth-order valence-corrected chi connectivity index (χ4v) is 4.51. The number of nitrogens with one attached hydrogen (secondary N) is 1. The molecule has 8 heteroatoms. The van der Waals surface area contributed by atoms with E-state index in [9.17, 15) is 9.90 Å². The molecule has 1 atom stereocenters. The van der Waals surface area contributed by atoms with Crippen molar-refractivity contribution in [1.29, 1.82) is 0 Å². The first-order valence-electron chi connectivity index (χ1n) is 10.6. The zero-order valence-corrected chi connectivity index (χ0v) is 18.6. The molecule has 1 aromatic heterocycles. The van der Waals surface area contributed by atoms with Crippen LogP contribution in [0.1, 0.15) is 17.2 Å². The number of carbonyl (C=O) groups is 1.